The van der Waals surface area contributed by atoms with E-state index < -0.39 is 15.9 Å². The second-order valence-corrected chi connectivity index (χ2v) is 10.2. The lowest BCUT2D eigenvalue weighted by atomic mass is 10.2. The second-order valence-electron chi connectivity index (χ2n) is 7.90. The van der Waals surface area contributed by atoms with E-state index in [1.807, 2.05) is 24.3 Å². The lowest BCUT2D eigenvalue weighted by molar-refractivity contribution is -0.120. The Balaban J connectivity index is 1.50. The lowest BCUT2D eigenvalue weighted by Gasteiger charge is -2.24. The number of para-hydroxylation sites is 1. The summed E-state index contributed by atoms with van der Waals surface area (Å²) in [5.41, 5.74) is 1.99. The van der Waals surface area contributed by atoms with E-state index in [4.69, 9.17) is 11.6 Å². The first-order valence-corrected chi connectivity index (χ1v) is 12.7. The second kappa shape index (κ2) is 10.3. The molecule has 0 atom stereocenters. The average molecular weight is 498 g/mol. The van der Waals surface area contributed by atoms with Gasteiger partial charge in [-0.15, -0.1) is 0 Å². The normalized spacial score (nSPS) is 13.7. The Bertz CT molecular complexity index is 1280. The largest absolute Gasteiger partial charge is 0.350 e. The molecule has 1 fully saturated rings. The molecule has 3 aromatic rings. The number of halogens is 1. The first kappa shape index (κ1) is 23.8. The molecule has 7 nitrogen and oxygen atoms in total. The Morgan fingerprint density at radius 2 is 1.74 bits per heavy atom. The summed E-state index contributed by atoms with van der Waals surface area (Å²) in [7, 11) is -4.00. The van der Waals surface area contributed by atoms with Crippen LogP contribution in [0.2, 0.25) is 5.02 Å². The van der Waals surface area contributed by atoms with Gasteiger partial charge in [0, 0.05) is 30.2 Å². The zero-order chi connectivity index (χ0) is 24.1. The van der Waals surface area contributed by atoms with Gasteiger partial charge < -0.3 is 10.2 Å². The molecule has 0 unspecified atom stereocenters. The van der Waals surface area contributed by atoms with Gasteiger partial charge in [0.15, 0.2) is 0 Å². The molecular weight excluding hydrogens is 474 g/mol. The summed E-state index contributed by atoms with van der Waals surface area (Å²) in [6, 6.07) is 21.7. The van der Waals surface area contributed by atoms with E-state index in [-0.39, 0.29) is 23.9 Å². The van der Waals surface area contributed by atoms with Crippen LogP contribution in [-0.2, 0) is 26.2 Å². The van der Waals surface area contributed by atoms with E-state index in [1.54, 1.807) is 35.2 Å². The maximum absolute atomic E-state index is 13.3. The predicted molar refractivity (Wildman–Crippen MR) is 132 cm³/mol. The quantitative estimate of drug-likeness (QED) is 0.510. The molecule has 0 bridgehead atoms. The first-order valence-electron chi connectivity index (χ1n) is 10.8. The minimum absolute atomic E-state index is 0.0385. The highest BCUT2D eigenvalue weighted by Crippen LogP contribution is 2.25. The summed E-state index contributed by atoms with van der Waals surface area (Å²) in [6.07, 6.45) is 1.37. The van der Waals surface area contributed by atoms with Crippen LogP contribution in [0.5, 0.6) is 0 Å². The highest BCUT2D eigenvalue weighted by atomic mass is 35.5. The van der Waals surface area contributed by atoms with Crippen LogP contribution in [0.3, 0.4) is 0 Å². The van der Waals surface area contributed by atoms with Crippen molar-refractivity contribution in [3.05, 3.63) is 89.4 Å². The number of benzene rings is 3. The van der Waals surface area contributed by atoms with Crippen molar-refractivity contribution in [1.29, 1.82) is 0 Å². The minimum Gasteiger partial charge on any atom is -0.350 e. The summed E-state index contributed by atoms with van der Waals surface area (Å²) < 4.78 is 27.8. The molecule has 1 aliphatic rings. The van der Waals surface area contributed by atoms with Crippen LogP contribution in [0.1, 0.15) is 18.4 Å². The van der Waals surface area contributed by atoms with E-state index in [0.717, 1.165) is 22.0 Å². The summed E-state index contributed by atoms with van der Waals surface area (Å²) in [4.78, 5) is 26.6. The van der Waals surface area contributed by atoms with Crippen molar-refractivity contribution in [3.63, 3.8) is 0 Å². The maximum Gasteiger partial charge on any atom is 0.264 e. The van der Waals surface area contributed by atoms with Crippen LogP contribution in [0.4, 0.5) is 11.4 Å². The molecule has 9 heteroatoms. The number of hydrogen-bond donors (Lipinski definition) is 1. The molecule has 0 saturated carbocycles. The van der Waals surface area contributed by atoms with Crippen molar-refractivity contribution in [2.75, 3.05) is 22.3 Å². The number of nitrogens with one attached hydrogen (secondary N) is 1. The average Bonchev–Trinajstić information content (AvgIpc) is 3.28. The van der Waals surface area contributed by atoms with E-state index in [2.05, 4.69) is 5.32 Å². The van der Waals surface area contributed by atoms with Gasteiger partial charge in [-0.05, 0) is 60.5 Å². The molecule has 1 aliphatic heterocycles. The number of hydrogen-bond acceptors (Lipinski definition) is 4. The van der Waals surface area contributed by atoms with Gasteiger partial charge in [-0.1, -0.05) is 41.9 Å². The zero-order valence-electron chi connectivity index (χ0n) is 18.4. The van der Waals surface area contributed by atoms with Gasteiger partial charge in [-0.2, -0.15) is 0 Å². The Morgan fingerprint density at radius 1 is 1.00 bits per heavy atom. The van der Waals surface area contributed by atoms with Crippen LogP contribution in [0, 0.1) is 0 Å². The Hall–Kier alpha value is -3.36. The fraction of sp³-hybridized carbons (Fsp3) is 0.200. The molecule has 0 aliphatic carbocycles. The van der Waals surface area contributed by atoms with Crippen LogP contribution in [0.25, 0.3) is 0 Å². The molecule has 1 saturated heterocycles. The van der Waals surface area contributed by atoms with Crippen molar-refractivity contribution in [2.45, 2.75) is 24.3 Å². The van der Waals surface area contributed by atoms with E-state index in [9.17, 15) is 18.0 Å². The van der Waals surface area contributed by atoms with Gasteiger partial charge in [0.05, 0.1) is 10.6 Å². The number of rotatable bonds is 8. The number of sulfonamides is 1. The van der Waals surface area contributed by atoms with E-state index >= 15 is 0 Å². The van der Waals surface area contributed by atoms with Gasteiger partial charge in [0.2, 0.25) is 11.8 Å². The smallest absolute Gasteiger partial charge is 0.264 e. The molecule has 4 rings (SSSR count). The first-order chi connectivity index (χ1) is 16.3. The topological polar surface area (TPSA) is 86.8 Å². The van der Waals surface area contributed by atoms with E-state index in [1.165, 1.54) is 24.3 Å². The lowest BCUT2D eigenvalue weighted by Crippen LogP contribution is -2.40. The Morgan fingerprint density at radius 3 is 2.41 bits per heavy atom. The number of carbonyl (C=O) groups excluding carboxylic acids is 2. The fourth-order valence-electron chi connectivity index (χ4n) is 3.79. The molecule has 34 heavy (non-hydrogen) atoms. The van der Waals surface area contributed by atoms with Crippen LogP contribution < -0.4 is 14.5 Å². The van der Waals surface area contributed by atoms with Crippen LogP contribution in [-0.4, -0.2) is 33.3 Å². The third-order valence-electron chi connectivity index (χ3n) is 5.52. The van der Waals surface area contributed by atoms with Crippen molar-refractivity contribution >= 4 is 44.8 Å². The highest BCUT2D eigenvalue weighted by molar-refractivity contribution is 7.92. The molecule has 176 valence electrons. The highest BCUT2D eigenvalue weighted by Gasteiger charge is 2.27. The monoisotopic (exact) mass is 497 g/mol. The van der Waals surface area contributed by atoms with Crippen molar-refractivity contribution in [1.82, 2.24) is 5.32 Å². The summed E-state index contributed by atoms with van der Waals surface area (Å²) in [5.74, 6) is -0.365. The SMILES string of the molecule is O=C(CN(c1ccccc1)S(=O)(=O)c1ccc(Cl)cc1)NCc1cccc(N2CCCC2=O)c1. The molecule has 0 spiro atoms. The number of anilines is 2. The minimum atomic E-state index is -4.00. The van der Waals surface area contributed by atoms with Gasteiger partial charge >= 0.3 is 0 Å². The molecule has 2 amide bonds. The van der Waals surface area contributed by atoms with Crippen LogP contribution in [0.15, 0.2) is 83.8 Å². The Kier molecular flexibility index (Phi) is 7.19. The van der Waals surface area contributed by atoms with Crippen molar-refractivity contribution < 1.29 is 18.0 Å². The Labute approximate surface area is 204 Å². The third-order valence-corrected chi connectivity index (χ3v) is 7.56. The standard InChI is InChI=1S/C25H24ClN3O4S/c26-20-11-13-23(14-12-20)34(32,33)29(21-7-2-1-3-8-21)18-24(30)27-17-19-6-4-9-22(16-19)28-15-5-10-25(28)31/h1-4,6-9,11-14,16H,5,10,15,17-18H2,(H,27,30). The van der Waals surface area contributed by atoms with Crippen molar-refractivity contribution in [3.8, 4) is 0 Å². The zero-order valence-corrected chi connectivity index (χ0v) is 19.9. The number of amides is 2. The van der Waals surface area contributed by atoms with Gasteiger partial charge in [0.1, 0.15) is 6.54 Å². The van der Waals surface area contributed by atoms with Gasteiger partial charge in [-0.3, -0.25) is 13.9 Å². The third kappa shape index (κ3) is 5.40. The van der Waals surface area contributed by atoms with Gasteiger partial charge in [-0.25, -0.2) is 8.42 Å². The number of carbonyl (C=O) groups is 2. The van der Waals surface area contributed by atoms with E-state index in [0.29, 0.717) is 23.7 Å². The van der Waals surface area contributed by atoms with Gasteiger partial charge in [0.25, 0.3) is 10.0 Å². The maximum atomic E-state index is 13.3. The molecule has 0 radical (unpaired) electrons. The molecule has 1 N–H and O–H groups in total. The fourth-order valence-corrected chi connectivity index (χ4v) is 5.33. The molecule has 3 aromatic carbocycles. The van der Waals surface area contributed by atoms with Crippen molar-refractivity contribution in [2.24, 2.45) is 0 Å². The van der Waals surface area contributed by atoms with Crippen LogP contribution >= 0.6 is 11.6 Å². The summed E-state index contributed by atoms with van der Waals surface area (Å²) >= 11 is 5.91. The summed E-state index contributed by atoms with van der Waals surface area (Å²) in [6.45, 7) is 0.501. The molecule has 1 heterocycles. The number of nitrogens with zero attached hydrogens (tertiary/aromatic N) is 2. The predicted octanol–water partition coefficient (Wildman–Crippen LogP) is 3.98. The molecular formula is C25H24ClN3O4S. The summed E-state index contributed by atoms with van der Waals surface area (Å²) in [5, 5.41) is 3.21. The molecule has 0 aromatic heterocycles.